The Kier molecular flexibility index (Phi) is 4.87. The Labute approximate surface area is 114 Å². The number of hydrogen-bond acceptors (Lipinski definition) is 3. The molecule has 0 amide bonds. The van der Waals surface area contributed by atoms with Gasteiger partial charge in [0.2, 0.25) is 0 Å². The van der Waals surface area contributed by atoms with Crippen molar-refractivity contribution in [2.75, 3.05) is 25.4 Å². The smallest absolute Gasteiger partial charge is 0.0599 e. The third-order valence-corrected chi connectivity index (χ3v) is 3.76. The van der Waals surface area contributed by atoms with E-state index in [4.69, 9.17) is 22.1 Å². The molecular weight excluding hydrogens is 248 g/mol. The van der Waals surface area contributed by atoms with Gasteiger partial charge >= 0.3 is 0 Å². The monoisotopic (exact) mass is 268 g/mol. The van der Waals surface area contributed by atoms with Crippen LogP contribution in [-0.2, 0) is 11.3 Å². The van der Waals surface area contributed by atoms with Crippen LogP contribution in [0.3, 0.4) is 0 Å². The van der Waals surface area contributed by atoms with Crippen LogP contribution in [-0.4, -0.2) is 30.7 Å². The van der Waals surface area contributed by atoms with Gasteiger partial charge in [-0.1, -0.05) is 17.7 Å². The molecule has 1 aromatic carbocycles. The number of ether oxygens (including phenoxy) is 1. The number of piperidine rings is 1. The summed E-state index contributed by atoms with van der Waals surface area (Å²) in [5, 5.41) is 0.766. The zero-order valence-corrected chi connectivity index (χ0v) is 11.6. The molecule has 0 radical (unpaired) electrons. The molecule has 0 atom stereocenters. The minimum atomic E-state index is 0.438. The van der Waals surface area contributed by atoms with Crippen molar-refractivity contribution in [3.8, 4) is 0 Å². The number of benzene rings is 1. The fourth-order valence-corrected chi connectivity index (χ4v) is 2.65. The van der Waals surface area contributed by atoms with Crippen LogP contribution in [0.25, 0.3) is 0 Å². The maximum absolute atomic E-state index is 6.20. The van der Waals surface area contributed by atoms with Gasteiger partial charge in [-0.05, 0) is 37.5 Å². The van der Waals surface area contributed by atoms with Crippen LogP contribution in [0.5, 0.6) is 0 Å². The van der Waals surface area contributed by atoms with Crippen LogP contribution >= 0.6 is 11.6 Å². The number of halogens is 1. The highest BCUT2D eigenvalue weighted by Crippen LogP contribution is 2.22. The van der Waals surface area contributed by atoms with Crippen LogP contribution in [0.2, 0.25) is 5.02 Å². The molecule has 3 nitrogen and oxygen atoms in total. The van der Waals surface area contributed by atoms with E-state index in [-0.39, 0.29) is 0 Å². The lowest BCUT2D eigenvalue weighted by Crippen LogP contribution is -2.36. The van der Waals surface area contributed by atoms with Crippen LogP contribution < -0.4 is 5.73 Å². The molecule has 0 aliphatic carbocycles. The van der Waals surface area contributed by atoms with Gasteiger partial charge < -0.3 is 10.5 Å². The molecule has 0 unspecified atom stereocenters. The molecule has 100 valence electrons. The molecular formula is C14H21ClN2O. The average molecular weight is 269 g/mol. The van der Waals surface area contributed by atoms with E-state index in [0.717, 1.165) is 55.4 Å². The van der Waals surface area contributed by atoms with Gasteiger partial charge in [-0.3, -0.25) is 4.90 Å². The molecule has 2 N–H and O–H groups in total. The van der Waals surface area contributed by atoms with E-state index in [1.165, 1.54) is 0 Å². The zero-order valence-electron chi connectivity index (χ0n) is 10.9. The Bertz CT molecular complexity index is 389. The predicted octanol–water partition coefficient (Wildman–Crippen LogP) is 2.92. The van der Waals surface area contributed by atoms with Crippen molar-refractivity contribution in [2.24, 2.45) is 0 Å². The standard InChI is InChI=1S/C14H21ClN2O/c1-2-18-13-5-7-17(8-6-13)10-11-3-4-12(16)9-14(11)15/h3-4,9,13H,2,5-8,10,16H2,1H3. The summed E-state index contributed by atoms with van der Waals surface area (Å²) in [4.78, 5) is 2.42. The van der Waals surface area contributed by atoms with Crippen molar-refractivity contribution < 1.29 is 4.74 Å². The zero-order chi connectivity index (χ0) is 13.0. The van der Waals surface area contributed by atoms with Crippen LogP contribution in [0.4, 0.5) is 5.69 Å². The highest BCUT2D eigenvalue weighted by molar-refractivity contribution is 6.31. The molecule has 1 aromatic rings. The lowest BCUT2D eigenvalue weighted by atomic mass is 10.1. The van der Waals surface area contributed by atoms with Crippen LogP contribution in [0.15, 0.2) is 18.2 Å². The van der Waals surface area contributed by atoms with Crippen molar-refractivity contribution in [3.05, 3.63) is 28.8 Å². The van der Waals surface area contributed by atoms with Gasteiger partial charge in [-0.25, -0.2) is 0 Å². The summed E-state index contributed by atoms with van der Waals surface area (Å²) >= 11 is 6.20. The fraction of sp³-hybridized carbons (Fsp3) is 0.571. The fourth-order valence-electron chi connectivity index (χ4n) is 2.40. The summed E-state index contributed by atoms with van der Waals surface area (Å²) < 4.78 is 5.65. The van der Waals surface area contributed by atoms with Gasteiger partial charge in [-0.2, -0.15) is 0 Å². The van der Waals surface area contributed by atoms with Crippen molar-refractivity contribution in [1.29, 1.82) is 0 Å². The number of likely N-dealkylation sites (tertiary alicyclic amines) is 1. The van der Waals surface area contributed by atoms with Crippen molar-refractivity contribution >= 4 is 17.3 Å². The lowest BCUT2D eigenvalue weighted by molar-refractivity contribution is 0.0125. The second-order valence-corrected chi connectivity index (χ2v) is 5.19. The maximum atomic E-state index is 6.20. The van der Waals surface area contributed by atoms with Gasteiger partial charge in [0.25, 0.3) is 0 Å². The van der Waals surface area contributed by atoms with E-state index in [2.05, 4.69) is 11.8 Å². The van der Waals surface area contributed by atoms with Crippen molar-refractivity contribution in [3.63, 3.8) is 0 Å². The summed E-state index contributed by atoms with van der Waals surface area (Å²) in [6.07, 6.45) is 2.66. The topological polar surface area (TPSA) is 38.5 Å². The van der Waals surface area contributed by atoms with Gasteiger partial charge in [0.1, 0.15) is 0 Å². The Hall–Kier alpha value is -0.770. The molecule has 18 heavy (non-hydrogen) atoms. The van der Waals surface area contributed by atoms with Crippen LogP contribution in [0, 0.1) is 0 Å². The van der Waals surface area contributed by atoms with E-state index in [1.807, 2.05) is 18.2 Å². The minimum absolute atomic E-state index is 0.438. The van der Waals surface area contributed by atoms with E-state index in [0.29, 0.717) is 6.10 Å². The second kappa shape index (κ2) is 6.41. The molecule has 1 saturated heterocycles. The molecule has 0 saturated carbocycles. The number of nitrogen functional groups attached to an aromatic ring is 1. The highest BCUT2D eigenvalue weighted by Gasteiger charge is 2.19. The third-order valence-electron chi connectivity index (χ3n) is 3.41. The Balaban J connectivity index is 1.87. The van der Waals surface area contributed by atoms with E-state index in [1.54, 1.807) is 0 Å². The van der Waals surface area contributed by atoms with Gasteiger partial charge in [0.15, 0.2) is 0 Å². The molecule has 0 bridgehead atoms. The predicted molar refractivity (Wildman–Crippen MR) is 75.8 cm³/mol. The third kappa shape index (κ3) is 3.61. The summed E-state index contributed by atoms with van der Waals surface area (Å²) in [7, 11) is 0. The van der Waals surface area contributed by atoms with Gasteiger partial charge in [-0.15, -0.1) is 0 Å². The quantitative estimate of drug-likeness (QED) is 0.854. The SMILES string of the molecule is CCOC1CCN(Cc2ccc(N)cc2Cl)CC1. The first kappa shape index (κ1) is 13.7. The summed E-state index contributed by atoms with van der Waals surface area (Å²) in [5.41, 5.74) is 7.57. The van der Waals surface area contributed by atoms with Crippen LogP contribution in [0.1, 0.15) is 25.3 Å². The Morgan fingerprint density at radius 1 is 1.39 bits per heavy atom. The minimum Gasteiger partial charge on any atom is -0.399 e. The molecule has 1 aliphatic heterocycles. The Morgan fingerprint density at radius 3 is 2.72 bits per heavy atom. The molecule has 1 fully saturated rings. The highest BCUT2D eigenvalue weighted by atomic mass is 35.5. The van der Waals surface area contributed by atoms with E-state index >= 15 is 0 Å². The first-order valence-electron chi connectivity index (χ1n) is 6.57. The van der Waals surface area contributed by atoms with E-state index in [9.17, 15) is 0 Å². The van der Waals surface area contributed by atoms with E-state index < -0.39 is 0 Å². The normalized spacial score (nSPS) is 18.1. The van der Waals surface area contributed by atoms with Gasteiger partial charge in [0.05, 0.1) is 6.10 Å². The number of hydrogen-bond donors (Lipinski definition) is 1. The summed E-state index contributed by atoms with van der Waals surface area (Å²) in [6.45, 7) is 5.92. The summed E-state index contributed by atoms with van der Waals surface area (Å²) in [5.74, 6) is 0. The number of anilines is 1. The number of rotatable bonds is 4. The van der Waals surface area contributed by atoms with Crippen molar-refractivity contribution in [1.82, 2.24) is 4.90 Å². The van der Waals surface area contributed by atoms with Gasteiger partial charge in [0, 0.05) is 37.0 Å². The molecule has 0 spiro atoms. The maximum Gasteiger partial charge on any atom is 0.0599 e. The molecule has 1 heterocycles. The number of nitrogens with two attached hydrogens (primary N) is 1. The number of nitrogens with zero attached hydrogens (tertiary/aromatic N) is 1. The molecule has 4 heteroatoms. The lowest BCUT2D eigenvalue weighted by Gasteiger charge is -2.31. The second-order valence-electron chi connectivity index (χ2n) is 4.78. The first-order chi connectivity index (χ1) is 8.69. The first-order valence-corrected chi connectivity index (χ1v) is 6.94. The average Bonchev–Trinajstić information content (AvgIpc) is 2.35. The largest absolute Gasteiger partial charge is 0.399 e. The Morgan fingerprint density at radius 2 is 2.11 bits per heavy atom. The molecule has 1 aliphatic rings. The molecule has 2 rings (SSSR count). The molecule has 0 aromatic heterocycles. The van der Waals surface area contributed by atoms with Crippen molar-refractivity contribution in [2.45, 2.75) is 32.4 Å². The summed E-state index contributed by atoms with van der Waals surface area (Å²) in [6, 6.07) is 5.75.